The van der Waals surface area contributed by atoms with Crippen molar-refractivity contribution >= 4 is 6.29 Å². The van der Waals surface area contributed by atoms with E-state index in [0.717, 1.165) is 34.3 Å². The molecule has 0 aliphatic heterocycles. The van der Waals surface area contributed by atoms with Gasteiger partial charge in [0.25, 0.3) is 0 Å². The molecule has 0 heterocycles. The van der Waals surface area contributed by atoms with Crippen LogP contribution in [0.1, 0.15) is 41.8 Å². The van der Waals surface area contributed by atoms with Crippen molar-refractivity contribution in [2.75, 3.05) is 6.61 Å². The van der Waals surface area contributed by atoms with E-state index in [0.29, 0.717) is 18.6 Å². The summed E-state index contributed by atoms with van der Waals surface area (Å²) < 4.78 is 5.79. The van der Waals surface area contributed by atoms with Gasteiger partial charge in [-0.1, -0.05) is 23.4 Å². The normalized spacial score (nSPS) is 11.2. The minimum Gasteiger partial charge on any atom is -0.493 e. The van der Waals surface area contributed by atoms with Crippen molar-refractivity contribution in [2.45, 2.75) is 39.7 Å². The minimum absolute atomic E-state index is 0.442. The zero-order valence-corrected chi connectivity index (χ0v) is 14.6. The van der Waals surface area contributed by atoms with Crippen LogP contribution in [0.3, 0.4) is 0 Å². The van der Waals surface area contributed by atoms with Gasteiger partial charge in [0.15, 0.2) is 0 Å². The lowest BCUT2D eigenvalue weighted by molar-refractivity contribution is 0.112. The van der Waals surface area contributed by atoms with E-state index in [1.54, 1.807) is 19.9 Å². The molecule has 0 aromatic heterocycles. The summed E-state index contributed by atoms with van der Waals surface area (Å²) in [5.41, 5.74) is 4.35. The zero-order valence-electron chi connectivity index (χ0n) is 14.6. The summed E-state index contributed by atoms with van der Waals surface area (Å²) in [5.74, 6) is 0.780. The summed E-state index contributed by atoms with van der Waals surface area (Å²) in [6, 6.07) is 11.5. The maximum absolute atomic E-state index is 11.0. The molecular formula is C20H23NO3. The first-order valence-corrected chi connectivity index (χ1v) is 8.00. The second kappa shape index (κ2) is 7.39. The number of carbonyl (C=O) groups excluding carboxylic acids is 1. The monoisotopic (exact) mass is 325 g/mol. The molecule has 0 spiro atoms. The van der Waals surface area contributed by atoms with Gasteiger partial charge in [0.2, 0.25) is 0 Å². The smallest absolute Gasteiger partial charge is 0.150 e. The molecule has 0 atom stereocenters. The third kappa shape index (κ3) is 4.28. The second-order valence-corrected chi connectivity index (χ2v) is 6.68. The SMILES string of the molecule is Cc1cc(OCCC(C)(C)N=O)cc(C)c1-c1cccc(C=O)c1. The van der Waals surface area contributed by atoms with Gasteiger partial charge in [-0.15, -0.1) is 0 Å². The van der Waals surface area contributed by atoms with Gasteiger partial charge in [0.05, 0.1) is 6.61 Å². The molecule has 0 saturated carbocycles. The second-order valence-electron chi connectivity index (χ2n) is 6.68. The number of aryl methyl sites for hydroxylation is 2. The number of aldehydes is 1. The predicted octanol–water partition coefficient (Wildman–Crippen LogP) is 5.10. The Balaban J connectivity index is 2.22. The Bertz CT molecular complexity index is 727. The van der Waals surface area contributed by atoms with E-state index in [-0.39, 0.29) is 0 Å². The average Bonchev–Trinajstić information content (AvgIpc) is 2.54. The molecule has 0 amide bonds. The van der Waals surface area contributed by atoms with Crippen LogP contribution in [0.2, 0.25) is 0 Å². The maximum atomic E-state index is 11.0. The fourth-order valence-corrected chi connectivity index (χ4v) is 2.69. The van der Waals surface area contributed by atoms with Crippen LogP contribution in [0.5, 0.6) is 5.75 Å². The van der Waals surface area contributed by atoms with Gasteiger partial charge >= 0.3 is 0 Å². The van der Waals surface area contributed by atoms with Crippen LogP contribution in [0.4, 0.5) is 0 Å². The zero-order chi connectivity index (χ0) is 17.7. The number of rotatable bonds is 7. The highest BCUT2D eigenvalue weighted by molar-refractivity contribution is 5.80. The number of ether oxygens (including phenoxy) is 1. The fourth-order valence-electron chi connectivity index (χ4n) is 2.69. The van der Waals surface area contributed by atoms with Crippen LogP contribution in [-0.4, -0.2) is 18.4 Å². The molecule has 0 aliphatic rings. The van der Waals surface area contributed by atoms with E-state index < -0.39 is 5.54 Å². The molecule has 2 aromatic rings. The molecule has 2 aromatic carbocycles. The van der Waals surface area contributed by atoms with E-state index in [9.17, 15) is 9.70 Å². The summed E-state index contributed by atoms with van der Waals surface area (Å²) >= 11 is 0. The van der Waals surface area contributed by atoms with Crippen LogP contribution in [-0.2, 0) is 0 Å². The van der Waals surface area contributed by atoms with E-state index in [1.807, 2.05) is 44.2 Å². The van der Waals surface area contributed by atoms with Gasteiger partial charge in [0.1, 0.15) is 17.6 Å². The van der Waals surface area contributed by atoms with Gasteiger partial charge in [-0.25, -0.2) is 0 Å². The van der Waals surface area contributed by atoms with Gasteiger partial charge in [-0.2, -0.15) is 4.91 Å². The summed E-state index contributed by atoms with van der Waals surface area (Å²) in [6.07, 6.45) is 1.42. The Morgan fingerprint density at radius 1 is 1.12 bits per heavy atom. The van der Waals surface area contributed by atoms with Gasteiger partial charge < -0.3 is 4.74 Å². The Labute approximate surface area is 142 Å². The summed E-state index contributed by atoms with van der Waals surface area (Å²) in [4.78, 5) is 21.7. The Kier molecular flexibility index (Phi) is 5.50. The standard InChI is InChI=1S/C20H23NO3/c1-14-10-18(24-9-8-20(3,4)21-23)11-15(2)19(14)17-7-5-6-16(12-17)13-22/h5-7,10-13H,8-9H2,1-4H3. The van der Waals surface area contributed by atoms with Crippen molar-refractivity contribution < 1.29 is 9.53 Å². The number of nitroso groups, excluding NO2 is 1. The summed E-state index contributed by atoms with van der Waals surface area (Å²) in [7, 11) is 0. The van der Waals surface area contributed by atoms with Crippen LogP contribution in [0.25, 0.3) is 11.1 Å². The fraction of sp³-hybridized carbons (Fsp3) is 0.350. The molecule has 0 unspecified atom stereocenters. The first kappa shape index (κ1) is 17.9. The largest absolute Gasteiger partial charge is 0.493 e. The summed E-state index contributed by atoms with van der Waals surface area (Å²) in [6.45, 7) is 8.09. The molecule has 0 radical (unpaired) electrons. The van der Waals surface area contributed by atoms with E-state index in [4.69, 9.17) is 4.74 Å². The minimum atomic E-state index is -0.612. The molecule has 24 heavy (non-hydrogen) atoms. The quantitative estimate of drug-likeness (QED) is 0.526. The Morgan fingerprint density at radius 2 is 1.79 bits per heavy atom. The van der Waals surface area contributed by atoms with Crippen molar-refractivity contribution in [3.63, 3.8) is 0 Å². The molecule has 0 aliphatic carbocycles. The van der Waals surface area contributed by atoms with Gasteiger partial charge in [-0.05, 0) is 68.1 Å². The predicted molar refractivity (Wildman–Crippen MR) is 96.7 cm³/mol. The number of hydrogen-bond donors (Lipinski definition) is 0. The third-order valence-electron chi connectivity index (χ3n) is 4.05. The lowest BCUT2D eigenvalue weighted by Crippen LogP contribution is -2.19. The molecule has 0 saturated heterocycles. The van der Waals surface area contributed by atoms with Crippen LogP contribution < -0.4 is 4.74 Å². The third-order valence-corrected chi connectivity index (χ3v) is 4.05. The molecule has 126 valence electrons. The van der Waals surface area contributed by atoms with Crippen LogP contribution in [0.15, 0.2) is 41.6 Å². The Hall–Kier alpha value is -2.49. The highest BCUT2D eigenvalue weighted by atomic mass is 16.5. The van der Waals surface area contributed by atoms with E-state index in [1.165, 1.54) is 0 Å². The van der Waals surface area contributed by atoms with Crippen molar-refractivity contribution in [3.05, 3.63) is 58.0 Å². The average molecular weight is 325 g/mol. The van der Waals surface area contributed by atoms with Crippen LogP contribution in [0, 0.1) is 18.8 Å². The lowest BCUT2D eigenvalue weighted by Gasteiger charge is -2.17. The van der Waals surface area contributed by atoms with Crippen molar-refractivity contribution in [1.29, 1.82) is 0 Å². The molecule has 0 fully saturated rings. The highest BCUT2D eigenvalue weighted by Gasteiger charge is 2.18. The van der Waals surface area contributed by atoms with Crippen molar-refractivity contribution in [1.82, 2.24) is 0 Å². The summed E-state index contributed by atoms with van der Waals surface area (Å²) in [5, 5.41) is 3.10. The molecule has 2 rings (SSSR count). The van der Waals surface area contributed by atoms with Gasteiger partial charge in [-0.3, -0.25) is 4.79 Å². The lowest BCUT2D eigenvalue weighted by atomic mass is 9.94. The topological polar surface area (TPSA) is 55.7 Å². The molecule has 0 bridgehead atoms. The number of hydrogen-bond acceptors (Lipinski definition) is 4. The first-order chi connectivity index (χ1) is 11.4. The van der Waals surface area contributed by atoms with Crippen molar-refractivity contribution in [3.8, 4) is 16.9 Å². The van der Waals surface area contributed by atoms with Gasteiger partial charge in [0, 0.05) is 12.0 Å². The molecule has 0 N–H and O–H groups in total. The molecule has 4 heteroatoms. The number of benzene rings is 2. The first-order valence-electron chi connectivity index (χ1n) is 8.00. The molecular weight excluding hydrogens is 302 g/mol. The number of carbonyl (C=O) groups is 1. The Morgan fingerprint density at radius 3 is 2.38 bits per heavy atom. The highest BCUT2D eigenvalue weighted by Crippen LogP contribution is 2.31. The van der Waals surface area contributed by atoms with E-state index in [2.05, 4.69) is 5.18 Å². The van der Waals surface area contributed by atoms with E-state index >= 15 is 0 Å². The number of nitrogens with zero attached hydrogens (tertiary/aromatic N) is 1. The van der Waals surface area contributed by atoms with Crippen molar-refractivity contribution in [2.24, 2.45) is 5.18 Å². The maximum Gasteiger partial charge on any atom is 0.150 e. The molecule has 4 nitrogen and oxygen atoms in total. The van der Waals surface area contributed by atoms with Crippen LogP contribution >= 0.6 is 0 Å².